The van der Waals surface area contributed by atoms with E-state index in [9.17, 15) is 0 Å². The molecule has 1 atom stereocenters. The second-order valence-corrected chi connectivity index (χ2v) is 6.55. The van der Waals surface area contributed by atoms with Crippen molar-refractivity contribution >= 4 is 5.96 Å². The van der Waals surface area contributed by atoms with Crippen molar-refractivity contribution in [2.75, 3.05) is 26.2 Å². The molecular formula is C20H29N5O. The Morgan fingerprint density at radius 3 is 3.04 bits per heavy atom. The summed E-state index contributed by atoms with van der Waals surface area (Å²) in [7, 11) is 0. The predicted octanol–water partition coefficient (Wildman–Crippen LogP) is 2.44. The smallest absolute Gasteiger partial charge is 0.191 e. The summed E-state index contributed by atoms with van der Waals surface area (Å²) in [5.74, 6) is 1.82. The lowest BCUT2D eigenvalue weighted by Crippen LogP contribution is -2.45. The molecule has 0 spiro atoms. The van der Waals surface area contributed by atoms with Gasteiger partial charge in [0, 0.05) is 31.7 Å². The van der Waals surface area contributed by atoms with Crippen LogP contribution in [0, 0.1) is 0 Å². The van der Waals surface area contributed by atoms with Gasteiger partial charge in [0.25, 0.3) is 0 Å². The molecule has 1 saturated heterocycles. The fourth-order valence-electron chi connectivity index (χ4n) is 3.34. The molecule has 0 aromatic carbocycles. The van der Waals surface area contributed by atoms with Gasteiger partial charge in [0.15, 0.2) is 5.96 Å². The van der Waals surface area contributed by atoms with Crippen LogP contribution < -0.4 is 10.6 Å². The van der Waals surface area contributed by atoms with Gasteiger partial charge in [-0.15, -0.1) is 0 Å². The van der Waals surface area contributed by atoms with Crippen LogP contribution in [0.15, 0.2) is 52.2 Å². The van der Waals surface area contributed by atoms with Crippen LogP contribution in [0.1, 0.15) is 31.2 Å². The van der Waals surface area contributed by atoms with E-state index in [4.69, 9.17) is 9.41 Å². The molecule has 26 heavy (non-hydrogen) atoms. The Balaban J connectivity index is 1.54. The van der Waals surface area contributed by atoms with Gasteiger partial charge in [0.2, 0.25) is 0 Å². The second kappa shape index (κ2) is 9.97. The van der Waals surface area contributed by atoms with Crippen molar-refractivity contribution in [3.05, 3.63) is 54.2 Å². The van der Waals surface area contributed by atoms with E-state index in [1.165, 1.54) is 19.4 Å². The molecule has 2 aromatic heterocycles. The van der Waals surface area contributed by atoms with Gasteiger partial charge in [-0.25, -0.2) is 4.99 Å². The van der Waals surface area contributed by atoms with E-state index in [0.717, 1.165) is 43.5 Å². The largest absolute Gasteiger partial charge is 0.469 e. The molecule has 3 heterocycles. The van der Waals surface area contributed by atoms with Crippen LogP contribution in [-0.2, 0) is 13.0 Å². The number of rotatable bonds is 8. The molecule has 3 rings (SSSR count). The molecule has 1 unspecified atom stereocenters. The molecule has 1 aliphatic rings. The Morgan fingerprint density at radius 1 is 1.31 bits per heavy atom. The Kier molecular flexibility index (Phi) is 7.07. The summed E-state index contributed by atoms with van der Waals surface area (Å²) in [5, 5.41) is 6.93. The summed E-state index contributed by atoms with van der Waals surface area (Å²) in [4.78, 5) is 11.6. The minimum Gasteiger partial charge on any atom is -0.469 e. The number of aromatic nitrogens is 1. The van der Waals surface area contributed by atoms with Crippen molar-refractivity contribution in [1.82, 2.24) is 20.5 Å². The van der Waals surface area contributed by atoms with Crippen LogP contribution in [0.4, 0.5) is 0 Å². The zero-order valence-corrected chi connectivity index (χ0v) is 15.5. The first kappa shape index (κ1) is 18.5. The highest BCUT2D eigenvalue weighted by atomic mass is 16.3. The minimum atomic E-state index is 0.569. The summed E-state index contributed by atoms with van der Waals surface area (Å²) in [5.41, 5.74) is 0.968. The molecular weight excluding hydrogens is 326 g/mol. The maximum Gasteiger partial charge on any atom is 0.191 e. The van der Waals surface area contributed by atoms with Gasteiger partial charge >= 0.3 is 0 Å². The van der Waals surface area contributed by atoms with Crippen molar-refractivity contribution in [2.24, 2.45) is 4.99 Å². The lowest BCUT2D eigenvalue weighted by molar-refractivity contribution is 0.267. The Hall–Kier alpha value is -2.34. The predicted molar refractivity (Wildman–Crippen MR) is 104 cm³/mol. The number of guanidine groups is 1. The number of likely N-dealkylation sites (tertiary alicyclic amines) is 1. The third-order valence-corrected chi connectivity index (χ3v) is 4.78. The molecule has 0 aliphatic carbocycles. The summed E-state index contributed by atoms with van der Waals surface area (Å²) in [6.07, 6.45) is 6.89. The molecule has 0 amide bonds. The fourth-order valence-corrected chi connectivity index (χ4v) is 3.34. The first-order valence-corrected chi connectivity index (χ1v) is 9.53. The average molecular weight is 355 g/mol. The summed E-state index contributed by atoms with van der Waals surface area (Å²) in [6, 6.07) is 10.4. The first-order valence-electron chi connectivity index (χ1n) is 9.53. The van der Waals surface area contributed by atoms with Gasteiger partial charge < -0.3 is 15.1 Å². The molecule has 140 valence electrons. The molecule has 6 heteroatoms. The zero-order chi connectivity index (χ0) is 18.0. The number of nitrogens with one attached hydrogen (secondary N) is 2. The third-order valence-electron chi connectivity index (χ3n) is 4.78. The van der Waals surface area contributed by atoms with Crippen molar-refractivity contribution in [3.63, 3.8) is 0 Å². The number of pyridine rings is 1. The molecule has 6 nitrogen and oxygen atoms in total. The van der Waals surface area contributed by atoms with Crippen LogP contribution in [0.25, 0.3) is 0 Å². The van der Waals surface area contributed by atoms with Gasteiger partial charge in [0.05, 0.1) is 18.5 Å². The molecule has 1 fully saturated rings. The van der Waals surface area contributed by atoms with Gasteiger partial charge in [0.1, 0.15) is 5.76 Å². The topological polar surface area (TPSA) is 65.7 Å². The summed E-state index contributed by atoms with van der Waals surface area (Å²) < 4.78 is 5.40. The fraction of sp³-hybridized carbons (Fsp3) is 0.500. The number of hydrogen-bond donors (Lipinski definition) is 2. The molecule has 0 saturated carbocycles. The zero-order valence-electron chi connectivity index (χ0n) is 15.5. The van der Waals surface area contributed by atoms with Gasteiger partial charge in [-0.2, -0.15) is 0 Å². The average Bonchev–Trinajstić information content (AvgIpc) is 3.35. The maximum atomic E-state index is 5.40. The number of hydrogen-bond acceptors (Lipinski definition) is 4. The highest BCUT2D eigenvalue weighted by molar-refractivity contribution is 5.79. The summed E-state index contributed by atoms with van der Waals surface area (Å²) in [6.45, 7) is 6.81. The normalized spacial score (nSPS) is 18.2. The lowest BCUT2D eigenvalue weighted by Gasteiger charge is -2.24. The van der Waals surface area contributed by atoms with Crippen molar-refractivity contribution in [3.8, 4) is 0 Å². The van der Waals surface area contributed by atoms with Crippen LogP contribution in [-0.4, -0.2) is 48.1 Å². The molecule has 2 aromatic rings. The van der Waals surface area contributed by atoms with E-state index in [-0.39, 0.29) is 0 Å². The molecule has 2 N–H and O–H groups in total. The van der Waals surface area contributed by atoms with Gasteiger partial charge in [-0.1, -0.05) is 13.0 Å². The van der Waals surface area contributed by atoms with E-state index in [0.29, 0.717) is 12.6 Å². The maximum absolute atomic E-state index is 5.40. The number of aliphatic imine (C=N–C) groups is 1. The standard InChI is InChI=1S/C20H29N5O/c1-2-25-13-5-8-18(25)16-24-20(22-12-10-19-9-6-14-26-19)23-15-17-7-3-4-11-21-17/h3-4,6-7,9,11,14,18H,2,5,8,10,12-13,15-16H2,1H3,(H2,22,23,24). The number of likely N-dealkylation sites (N-methyl/N-ethyl adjacent to an activating group) is 1. The molecule has 1 aliphatic heterocycles. The monoisotopic (exact) mass is 355 g/mol. The van der Waals surface area contributed by atoms with E-state index < -0.39 is 0 Å². The summed E-state index contributed by atoms with van der Waals surface area (Å²) >= 11 is 0. The highest BCUT2D eigenvalue weighted by Crippen LogP contribution is 2.15. The van der Waals surface area contributed by atoms with Crippen molar-refractivity contribution < 1.29 is 4.42 Å². The Bertz CT molecular complexity index is 656. The van der Waals surface area contributed by atoms with E-state index in [1.807, 2.05) is 30.3 Å². The molecule has 0 radical (unpaired) electrons. The quantitative estimate of drug-likeness (QED) is 0.562. The van der Waals surface area contributed by atoms with Crippen molar-refractivity contribution in [2.45, 2.75) is 38.8 Å². The van der Waals surface area contributed by atoms with E-state index in [2.05, 4.69) is 27.4 Å². The third kappa shape index (κ3) is 5.59. The highest BCUT2D eigenvalue weighted by Gasteiger charge is 2.22. The van der Waals surface area contributed by atoms with Crippen LogP contribution >= 0.6 is 0 Å². The van der Waals surface area contributed by atoms with E-state index >= 15 is 0 Å². The van der Waals surface area contributed by atoms with Crippen molar-refractivity contribution in [1.29, 1.82) is 0 Å². The lowest BCUT2D eigenvalue weighted by atomic mass is 10.2. The Labute approximate surface area is 155 Å². The number of nitrogens with zero attached hydrogens (tertiary/aromatic N) is 3. The molecule has 0 bridgehead atoms. The van der Waals surface area contributed by atoms with Gasteiger partial charge in [-0.3, -0.25) is 9.88 Å². The Morgan fingerprint density at radius 2 is 2.27 bits per heavy atom. The SMILES string of the molecule is CCN1CCCC1CNC(=NCc1ccccn1)NCCc1ccco1. The second-order valence-electron chi connectivity index (χ2n) is 6.55. The van der Waals surface area contributed by atoms with Crippen LogP contribution in [0.5, 0.6) is 0 Å². The van der Waals surface area contributed by atoms with Crippen LogP contribution in [0.3, 0.4) is 0 Å². The number of furan rings is 1. The van der Waals surface area contributed by atoms with E-state index in [1.54, 1.807) is 12.5 Å². The van der Waals surface area contributed by atoms with Crippen LogP contribution in [0.2, 0.25) is 0 Å². The van der Waals surface area contributed by atoms with Gasteiger partial charge in [-0.05, 0) is 50.2 Å². The minimum absolute atomic E-state index is 0.569. The first-order chi connectivity index (χ1) is 12.8.